The van der Waals surface area contributed by atoms with Gasteiger partial charge in [-0.3, -0.25) is 0 Å². The number of aromatic nitrogens is 1. The fourth-order valence-corrected chi connectivity index (χ4v) is 2.93. The zero-order chi connectivity index (χ0) is 16.1. The number of nitrogens with zero attached hydrogens (tertiary/aromatic N) is 1. The second-order valence-corrected chi connectivity index (χ2v) is 5.58. The highest BCUT2D eigenvalue weighted by molar-refractivity contribution is 7.21. The lowest BCUT2D eigenvalue weighted by Gasteiger charge is -2.11. The molecule has 3 aromatic rings. The summed E-state index contributed by atoms with van der Waals surface area (Å²) in [4.78, 5) is 4.04. The standard InChI is InChI=1S/C14H7F5N2S/c15-7-1-2-11-10(5-7)21-13(22-11)6-3-8(14(17,18)19)12(20)9(16)4-6/h1-5H,20H2. The molecular weight excluding hydrogens is 323 g/mol. The van der Waals surface area contributed by atoms with E-state index in [0.717, 1.165) is 29.5 Å². The van der Waals surface area contributed by atoms with Crippen molar-refractivity contribution in [3.8, 4) is 10.6 Å². The summed E-state index contributed by atoms with van der Waals surface area (Å²) < 4.78 is 66.0. The first-order chi connectivity index (χ1) is 10.3. The Bertz CT molecular complexity index is 870. The van der Waals surface area contributed by atoms with Crippen molar-refractivity contribution >= 4 is 27.2 Å². The van der Waals surface area contributed by atoms with Gasteiger partial charge in [-0.1, -0.05) is 0 Å². The van der Waals surface area contributed by atoms with Crippen LogP contribution < -0.4 is 5.73 Å². The van der Waals surface area contributed by atoms with Gasteiger partial charge in [-0.25, -0.2) is 13.8 Å². The first kappa shape index (κ1) is 14.7. The summed E-state index contributed by atoms with van der Waals surface area (Å²) >= 11 is 1.04. The average Bonchev–Trinajstić information content (AvgIpc) is 2.83. The lowest BCUT2D eigenvalue weighted by molar-refractivity contribution is -0.137. The van der Waals surface area contributed by atoms with Crippen molar-refractivity contribution in [2.75, 3.05) is 5.73 Å². The van der Waals surface area contributed by atoms with Crippen LogP contribution in [-0.4, -0.2) is 4.98 Å². The number of hydrogen-bond donors (Lipinski definition) is 1. The Balaban J connectivity index is 2.20. The van der Waals surface area contributed by atoms with Crippen molar-refractivity contribution in [3.63, 3.8) is 0 Å². The van der Waals surface area contributed by atoms with Gasteiger partial charge in [-0.05, 0) is 24.3 Å². The summed E-state index contributed by atoms with van der Waals surface area (Å²) in [7, 11) is 0. The summed E-state index contributed by atoms with van der Waals surface area (Å²) in [5.74, 6) is -1.68. The molecule has 0 saturated carbocycles. The van der Waals surface area contributed by atoms with Crippen molar-refractivity contribution in [2.24, 2.45) is 0 Å². The highest BCUT2D eigenvalue weighted by atomic mass is 32.1. The molecule has 1 heterocycles. The molecule has 0 aliphatic carbocycles. The molecule has 2 aromatic carbocycles. The maximum atomic E-state index is 13.7. The Kier molecular flexibility index (Phi) is 3.28. The maximum absolute atomic E-state index is 13.7. The molecule has 0 aliphatic rings. The summed E-state index contributed by atoms with van der Waals surface area (Å²) in [6.45, 7) is 0. The van der Waals surface area contributed by atoms with Crippen molar-refractivity contribution in [1.82, 2.24) is 4.98 Å². The molecule has 0 unspecified atom stereocenters. The molecule has 0 bridgehead atoms. The molecular formula is C14H7F5N2S. The van der Waals surface area contributed by atoms with Crippen molar-refractivity contribution in [3.05, 3.63) is 47.5 Å². The van der Waals surface area contributed by atoms with Crippen LogP contribution in [0, 0.1) is 11.6 Å². The molecule has 114 valence electrons. The van der Waals surface area contributed by atoms with Gasteiger partial charge in [0.05, 0.1) is 21.5 Å². The third-order valence-corrected chi connectivity index (χ3v) is 4.12. The number of benzene rings is 2. The minimum absolute atomic E-state index is 0.0550. The summed E-state index contributed by atoms with van der Waals surface area (Å²) in [6, 6.07) is 5.47. The van der Waals surface area contributed by atoms with Crippen LogP contribution in [0.15, 0.2) is 30.3 Å². The normalized spacial score (nSPS) is 12.0. The van der Waals surface area contributed by atoms with Crippen LogP contribution >= 0.6 is 11.3 Å². The second kappa shape index (κ2) is 4.91. The minimum atomic E-state index is -4.77. The van der Waals surface area contributed by atoms with E-state index in [-0.39, 0.29) is 10.6 Å². The van der Waals surface area contributed by atoms with Crippen LogP contribution in [0.2, 0.25) is 0 Å². The fourth-order valence-electron chi connectivity index (χ4n) is 2.00. The molecule has 0 fully saturated rings. The molecule has 8 heteroatoms. The van der Waals surface area contributed by atoms with Gasteiger partial charge in [0.25, 0.3) is 0 Å². The van der Waals surface area contributed by atoms with Crippen molar-refractivity contribution in [2.45, 2.75) is 6.18 Å². The summed E-state index contributed by atoms with van der Waals surface area (Å²) in [5.41, 5.74) is 3.18. The molecule has 1 aromatic heterocycles. The van der Waals surface area contributed by atoms with Gasteiger partial charge in [0.15, 0.2) is 0 Å². The third kappa shape index (κ3) is 2.50. The molecule has 0 saturated heterocycles. The lowest BCUT2D eigenvalue weighted by atomic mass is 10.1. The smallest absolute Gasteiger partial charge is 0.396 e. The van der Waals surface area contributed by atoms with E-state index >= 15 is 0 Å². The van der Waals surface area contributed by atoms with E-state index in [0.29, 0.717) is 10.2 Å². The van der Waals surface area contributed by atoms with Crippen molar-refractivity contribution < 1.29 is 22.0 Å². The molecule has 2 N–H and O–H groups in total. The van der Waals surface area contributed by atoms with Crippen LogP contribution in [0.5, 0.6) is 0 Å². The number of alkyl halides is 3. The largest absolute Gasteiger partial charge is 0.418 e. The molecule has 22 heavy (non-hydrogen) atoms. The Morgan fingerprint density at radius 1 is 1.05 bits per heavy atom. The fraction of sp³-hybridized carbons (Fsp3) is 0.0714. The van der Waals surface area contributed by atoms with Crippen LogP contribution in [0.3, 0.4) is 0 Å². The Labute approximate surface area is 125 Å². The van der Waals surface area contributed by atoms with Gasteiger partial charge in [0, 0.05) is 11.6 Å². The number of nitrogens with two attached hydrogens (primary N) is 1. The molecule has 0 atom stereocenters. The Hall–Kier alpha value is -2.22. The molecule has 0 radical (unpaired) electrons. The number of rotatable bonds is 1. The second-order valence-electron chi connectivity index (χ2n) is 4.55. The zero-order valence-electron chi connectivity index (χ0n) is 10.7. The summed E-state index contributed by atoms with van der Waals surface area (Å²) in [6.07, 6.45) is -4.77. The number of hydrogen-bond acceptors (Lipinski definition) is 3. The van der Waals surface area contributed by atoms with Gasteiger partial charge < -0.3 is 5.73 Å². The van der Waals surface area contributed by atoms with E-state index in [1.54, 1.807) is 0 Å². The van der Waals surface area contributed by atoms with Gasteiger partial charge in [0.1, 0.15) is 16.6 Å². The Morgan fingerprint density at radius 2 is 1.77 bits per heavy atom. The van der Waals surface area contributed by atoms with E-state index in [9.17, 15) is 22.0 Å². The lowest BCUT2D eigenvalue weighted by Crippen LogP contribution is -2.10. The monoisotopic (exact) mass is 330 g/mol. The maximum Gasteiger partial charge on any atom is 0.418 e. The Morgan fingerprint density at radius 3 is 2.45 bits per heavy atom. The van der Waals surface area contributed by atoms with Crippen LogP contribution in [0.1, 0.15) is 5.56 Å². The predicted octanol–water partition coefficient (Wildman–Crippen LogP) is 4.84. The molecule has 0 amide bonds. The minimum Gasteiger partial charge on any atom is -0.396 e. The number of nitrogen functional groups attached to an aromatic ring is 1. The average molecular weight is 330 g/mol. The molecule has 2 nitrogen and oxygen atoms in total. The van der Waals surface area contributed by atoms with Gasteiger partial charge >= 0.3 is 6.18 Å². The first-order valence-corrected chi connectivity index (χ1v) is 6.80. The van der Waals surface area contributed by atoms with E-state index in [4.69, 9.17) is 5.73 Å². The number of halogens is 5. The highest BCUT2D eigenvalue weighted by Crippen LogP contribution is 2.39. The van der Waals surface area contributed by atoms with Crippen LogP contribution in [0.25, 0.3) is 20.8 Å². The van der Waals surface area contributed by atoms with Gasteiger partial charge in [-0.15, -0.1) is 11.3 Å². The van der Waals surface area contributed by atoms with E-state index in [2.05, 4.69) is 4.98 Å². The quantitative estimate of drug-likeness (QED) is 0.512. The molecule has 3 rings (SSSR count). The number of fused-ring (bicyclic) bond motifs is 1. The molecule has 0 spiro atoms. The van der Waals surface area contributed by atoms with E-state index < -0.39 is 29.1 Å². The van der Waals surface area contributed by atoms with Gasteiger partial charge in [0.2, 0.25) is 0 Å². The SMILES string of the molecule is Nc1c(F)cc(-c2nc3cc(F)ccc3s2)cc1C(F)(F)F. The van der Waals surface area contributed by atoms with Crippen molar-refractivity contribution in [1.29, 1.82) is 0 Å². The molecule has 0 aliphatic heterocycles. The van der Waals surface area contributed by atoms with Crippen LogP contribution in [0.4, 0.5) is 27.6 Å². The number of thiazole rings is 1. The predicted molar refractivity (Wildman–Crippen MR) is 74.4 cm³/mol. The van der Waals surface area contributed by atoms with Gasteiger partial charge in [-0.2, -0.15) is 13.2 Å². The highest BCUT2D eigenvalue weighted by Gasteiger charge is 2.35. The summed E-state index contributed by atoms with van der Waals surface area (Å²) in [5, 5.41) is 0.157. The topological polar surface area (TPSA) is 38.9 Å². The first-order valence-electron chi connectivity index (χ1n) is 5.98. The third-order valence-electron chi connectivity index (χ3n) is 3.03. The van der Waals surface area contributed by atoms with E-state index in [1.165, 1.54) is 12.1 Å². The van der Waals surface area contributed by atoms with Crippen LogP contribution in [-0.2, 0) is 6.18 Å². The number of anilines is 1. The zero-order valence-corrected chi connectivity index (χ0v) is 11.5. The van der Waals surface area contributed by atoms with E-state index in [1.807, 2.05) is 0 Å².